The minimum absolute atomic E-state index is 0.315. The van der Waals surface area contributed by atoms with Crippen LogP contribution in [0.4, 0.5) is 5.95 Å². The number of benzene rings is 2. The second-order valence-electron chi connectivity index (χ2n) is 14.9. The normalized spacial score (nSPS) is 22.3. The van der Waals surface area contributed by atoms with Crippen molar-refractivity contribution < 1.29 is 4.74 Å². The zero-order valence-electron chi connectivity index (χ0n) is 27.9. The molecule has 9 heteroatoms. The topological polar surface area (TPSA) is 80.6 Å². The van der Waals surface area contributed by atoms with Crippen LogP contribution in [0.15, 0.2) is 54.7 Å². The molecule has 4 fully saturated rings. The molecular formula is C38H48ClN7O. The number of hydrogen-bond acceptors (Lipinski definition) is 8. The minimum atomic E-state index is -0.315. The molecule has 8 nitrogen and oxygen atoms in total. The van der Waals surface area contributed by atoms with E-state index in [1.807, 2.05) is 36.5 Å². The van der Waals surface area contributed by atoms with Crippen molar-refractivity contribution in [1.29, 1.82) is 5.26 Å². The molecule has 3 aromatic rings. The second-order valence-corrected chi connectivity index (χ2v) is 15.3. The summed E-state index contributed by atoms with van der Waals surface area (Å²) in [6.07, 6.45) is 8.84. The molecule has 1 aromatic heterocycles. The highest BCUT2D eigenvalue weighted by atomic mass is 35.5. The molecule has 0 amide bonds. The molecular weight excluding hydrogens is 606 g/mol. The van der Waals surface area contributed by atoms with Crippen molar-refractivity contribution in [3.63, 3.8) is 0 Å². The van der Waals surface area contributed by atoms with Gasteiger partial charge in [0.1, 0.15) is 12.4 Å². The minimum Gasteiger partial charge on any atom is -0.487 e. The van der Waals surface area contributed by atoms with Gasteiger partial charge in [-0.3, -0.25) is 4.90 Å². The van der Waals surface area contributed by atoms with Crippen molar-refractivity contribution in [1.82, 2.24) is 25.1 Å². The maximum Gasteiger partial charge on any atom is 0.225 e. The van der Waals surface area contributed by atoms with Crippen LogP contribution >= 0.6 is 11.6 Å². The first kappa shape index (κ1) is 32.3. The molecule has 0 bridgehead atoms. The molecule has 0 radical (unpaired) electrons. The van der Waals surface area contributed by atoms with Gasteiger partial charge >= 0.3 is 0 Å². The predicted molar refractivity (Wildman–Crippen MR) is 187 cm³/mol. The molecule has 1 N–H and O–H groups in total. The molecule has 4 aliphatic rings. The highest BCUT2D eigenvalue weighted by molar-refractivity contribution is 6.30. The Bertz CT molecular complexity index is 1570. The quantitative estimate of drug-likeness (QED) is 0.307. The van der Waals surface area contributed by atoms with E-state index in [9.17, 15) is 5.26 Å². The van der Waals surface area contributed by atoms with E-state index in [1.54, 1.807) is 6.07 Å². The fourth-order valence-corrected chi connectivity index (χ4v) is 8.56. The molecule has 1 unspecified atom stereocenters. The predicted octanol–water partition coefficient (Wildman–Crippen LogP) is 5.88. The van der Waals surface area contributed by atoms with Crippen LogP contribution in [0.25, 0.3) is 0 Å². The lowest BCUT2D eigenvalue weighted by atomic mass is 9.60. The summed E-state index contributed by atoms with van der Waals surface area (Å²) >= 11 is 6.29. The standard InChI is InChI=1S/C38H48ClN7O/c1-37(2,31-19-29(24-40)20-32(39)21-31)30-3-5-35(6-4-30)47-27-33-7-11-42-36(43-33)45-17-15-44(16-18-45)25-28-8-14-46(26-28)34-22-38(23-34)9-12-41-13-10-38/h3-7,11,19-21,28,34,41H,8-10,12-18,22-23,25-27H2,1-2H3. The highest BCUT2D eigenvalue weighted by Crippen LogP contribution is 2.50. The fraction of sp³-hybridized carbons (Fsp3) is 0.553. The molecule has 1 atom stereocenters. The average molecular weight is 654 g/mol. The zero-order valence-corrected chi connectivity index (χ0v) is 28.7. The number of nitriles is 1. The van der Waals surface area contributed by atoms with E-state index in [0.29, 0.717) is 22.6 Å². The molecule has 3 saturated heterocycles. The van der Waals surface area contributed by atoms with Gasteiger partial charge in [-0.05, 0) is 111 Å². The number of hydrogen-bond donors (Lipinski definition) is 1. The van der Waals surface area contributed by atoms with E-state index in [1.165, 1.54) is 64.8 Å². The second kappa shape index (κ2) is 13.7. The van der Waals surface area contributed by atoms with Crippen LogP contribution in [-0.4, -0.2) is 84.7 Å². The van der Waals surface area contributed by atoms with E-state index in [-0.39, 0.29) is 5.41 Å². The number of halogens is 1. The Balaban J connectivity index is 0.867. The Kier molecular flexibility index (Phi) is 9.44. The summed E-state index contributed by atoms with van der Waals surface area (Å²) in [6, 6.07) is 18.7. The van der Waals surface area contributed by atoms with Crippen molar-refractivity contribution in [2.75, 3.05) is 63.8 Å². The van der Waals surface area contributed by atoms with Gasteiger partial charge < -0.3 is 19.9 Å². The summed E-state index contributed by atoms with van der Waals surface area (Å²) in [5.41, 5.74) is 3.92. The van der Waals surface area contributed by atoms with Crippen molar-refractivity contribution in [3.05, 3.63) is 82.1 Å². The monoisotopic (exact) mass is 653 g/mol. The summed E-state index contributed by atoms with van der Waals surface area (Å²) in [6.45, 7) is 14.9. The third-order valence-electron chi connectivity index (χ3n) is 11.4. The highest BCUT2D eigenvalue weighted by Gasteiger charge is 2.47. The summed E-state index contributed by atoms with van der Waals surface area (Å²) in [5, 5.41) is 13.5. The lowest BCUT2D eigenvalue weighted by molar-refractivity contribution is -0.0128. The van der Waals surface area contributed by atoms with E-state index in [0.717, 1.165) is 66.7 Å². The largest absolute Gasteiger partial charge is 0.487 e. The zero-order chi connectivity index (χ0) is 32.4. The summed E-state index contributed by atoms with van der Waals surface area (Å²) in [4.78, 5) is 17.3. The Hall–Kier alpha value is -3.22. The third-order valence-corrected chi connectivity index (χ3v) is 11.6. The van der Waals surface area contributed by atoms with Crippen molar-refractivity contribution >= 4 is 17.5 Å². The van der Waals surface area contributed by atoms with Crippen molar-refractivity contribution in [2.45, 2.75) is 64.0 Å². The number of ether oxygens (including phenoxy) is 1. The van der Waals surface area contributed by atoms with E-state index in [2.05, 4.69) is 57.0 Å². The van der Waals surface area contributed by atoms with Crippen LogP contribution in [-0.2, 0) is 12.0 Å². The molecule has 2 aromatic carbocycles. The Labute approximate surface area is 285 Å². The van der Waals surface area contributed by atoms with Crippen LogP contribution in [0.5, 0.6) is 5.75 Å². The molecule has 47 heavy (non-hydrogen) atoms. The molecule has 248 valence electrons. The van der Waals surface area contributed by atoms with Crippen LogP contribution in [0.1, 0.15) is 68.3 Å². The first-order valence-electron chi connectivity index (χ1n) is 17.5. The first-order valence-corrected chi connectivity index (χ1v) is 17.8. The number of rotatable bonds is 9. The Morgan fingerprint density at radius 3 is 2.51 bits per heavy atom. The number of aromatic nitrogens is 2. The van der Waals surface area contributed by atoms with Gasteiger partial charge in [0.15, 0.2) is 0 Å². The SMILES string of the molecule is CC(C)(c1ccc(OCc2ccnc(N3CCN(CC4CCN(C5CC6(CCNCC6)C5)C4)CC3)n2)cc1)c1cc(Cl)cc(C#N)c1. The van der Waals surface area contributed by atoms with Crippen LogP contribution in [0.3, 0.4) is 0 Å². The van der Waals surface area contributed by atoms with Gasteiger partial charge in [0.2, 0.25) is 5.95 Å². The maximum atomic E-state index is 9.38. The number of piperazine rings is 1. The number of nitrogens with zero attached hydrogens (tertiary/aromatic N) is 6. The van der Waals surface area contributed by atoms with Crippen LogP contribution in [0, 0.1) is 22.7 Å². The number of piperidine rings is 1. The van der Waals surface area contributed by atoms with Gasteiger partial charge in [-0.15, -0.1) is 0 Å². The lowest BCUT2D eigenvalue weighted by Gasteiger charge is -2.53. The van der Waals surface area contributed by atoms with Gasteiger partial charge in [-0.1, -0.05) is 37.6 Å². The van der Waals surface area contributed by atoms with Gasteiger partial charge in [0.05, 0.1) is 17.3 Å². The van der Waals surface area contributed by atoms with E-state index in [4.69, 9.17) is 21.3 Å². The van der Waals surface area contributed by atoms with Crippen LogP contribution in [0.2, 0.25) is 5.02 Å². The number of anilines is 1. The molecule has 3 aliphatic heterocycles. The van der Waals surface area contributed by atoms with Gasteiger partial charge in [-0.2, -0.15) is 5.26 Å². The van der Waals surface area contributed by atoms with E-state index >= 15 is 0 Å². The van der Waals surface area contributed by atoms with Gasteiger partial charge in [0.25, 0.3) is 0 Å². The van der Waals surface area contributed by atoms with Crippen LogP contribution < -0.4 is 15.0 Å². The van der Waals surface area contributed by atoms with Gasteiger partial charge in [-0.25, -0.2) is 9.97 Å². The molecule has 4 heterocycles. The summed E-state index contributed by atoms with van der Waals surface area (Å²) < 4.78 is 6.14. The first-order chi connectivity index (χ1) is 22.8. The molecule has 1 aliphatic carbocycles. The molecule has 1 saturated carbocycles. The number of nitrogens with one attached hydrogen (secondary N) is 1. The summed E-state index contributed by atoms with van der Waals surface area (Å²) in [5.74, 6) is 2.39. The maximum absolute atomic E-state index is 9.38. The third kappa shape index (κ3) is 7.29. The number of likely N-dealkylation sites (tertiary alicyclic amines) is 1. The van der Waals surface area contributed by atoms with Crippen molar-refractivity contribution in [2.24, 2.45) is 11.3 Å². The molecule has 7 rings (SSSR count). The smallest absolute Gasteiger partial charge is 0.225 e. The van der Waals surface area contributed by atoms with E-state index < -0.39 is 0 Å². The average Bonchev–Trinajstić information content (AvgIpc) is 3.55. The molecule has 1 spiro atoms. The van der Waals surface area contributed by atoms with Crippen molar-refractivity contribution in [3.8, 4) is 11.8 Å². The summed E-state index contributed by atoms with van der Waals surface area (Å²) in [7, 11) is 0. The van der Waals surface area contributed by atoms with Gasteiger partial charge in [0, 0.05) is 61.9 Å². The fourth-order valence-electron chi connectivity index (χ4n) is 8.33. The Morgan fingerprint density at radius 2 is 1.77 bits per heavy atom. The Morgan fingerprint density at radius 1 is 1.00 bits per heavy atom. The lowest BCUT2D eigenvalue weighted by Crippen LogP contribution is -2.54.